The van der Waals surface area contributed by atoms with Crippen molar-refractivity contribution in [3.63, 3.8) is 0 Å². The Kier molecular flexibility index (Phi) is 1.87. The van der Waals surface area contributed by atoms with E-state index in [9.17, 15) is 0 Å². The van der Waals surface area contributed by atoms with Crippen molar-refractivity contribution in [2.24, 2.45) is 10.7 Å². The fraction of sp³-hybridized carbons (Fsp3) is 0.333. The van der Waals surface area contributed by atoms with Crippen molar-refractivity contribution in [2.75, 3.05) is 13.1 Å². The Labute approximate surface area is 70.7 Å². The summed E-state index contributed by atoms with van der Waals surface area (Å²) in [6, 6.07) is 3.90. The Bertz CT molecular complexity index is 394. The van der Waals surface area contributed by atoms with Crippen LogP contribution in [0.25, 0.3) is 5.57 Å². The molecule has 3 heteroatoms. The third kappa shape index (κ3) is 1.12. The minimum absolute atomic E-state index is 0.681. The zero-order chi connectivity index (χ0) is 8.39. The number of fused-ring (bicyclic) bond motifs is 1. The number of pyridine rings is 1. The van der Waals surface area contributed by atoms with Crippen molar-refractivity contribution in [2.45, 2.75) is 6.42 Å². The fourth-order valence-electron chi connectivity index (χ4n) is 1.42. The fourth-order valence-corrected chi connectivity index (χ4v) is 1.42. The second kappa shape index (κ2) is 3.03. The van der Waals surface area contributed by atoms with Gasteiger partial charge in [0.2, 0.25) is 0 Å². The topological polar surface area (TPSA) is 51.3 Å². The minimum atomic E-state index is 0.681. The van der Waals surface area contributed by atoms with Gasteiger partial charge in [0, 0.05) is 6.20 Å². The van der Waals surface area contributed by atoms with E-state index in [2.05, 4.69) is 9.98 Å². The summed E-state index contributed by atoms with van der Waals surface area (Å²) < 4.78 is 0. The maximum absolute atomic E-state index is 5.48. The van der Waals surface area contributed by atoms with Gasteiger partial charge < -0.3 is 5.73 Å². The molecule has 62 valence electrons. The first-order valence-electron chi connectivity index (χ1n) is 4.09. The molecule has 0 aliphatic carbocycles. The van der Waals surface area contributed by atoms with Gasteiger partial charge in [-0.05, 0) is 30.7 Å². The zero-order valence-electron chi connectivity index (χ0n) is 6.83. The quantitative estimate of drug-likeness (QED) is 0.618. The molecular weight excluding hydrogens is 150 g/mol. The summed E-state index contributed by atoms with van der Waals surface area (Å²) in [5, 5.41) is 2.06. The molecule has 1 aromatic rings. The molecule has 1 aliphatic rings. The van der Waals surface area contributed by atoms with E-state index in [1.54, 1.807) is 6.20 Å². The normalized spacial score (nSPS) is 14.2. The second-order valence-electron chi connectivity index (χ2n) is 2.83. The highest BCUT2D eigenvalue weighted by molar-refractivity contribution is 5.46. The van der Waals surface area contributed by atoms with Crippen molar-refractivity contribution in [1.82, 2.24) is 4.98 Å². The SMILES string of the molecule is NCCC1=c2ncccc2=NC1. The Morgan fingerprint density at radius 2 is 2.42 bits per heavy atom. The first-order valence-corrected chi connectivity index (χ1v) is 4.09. The standard InChI is InChI=1S/C9H11N3/c10-4-3-7-6-12-8-2-1-5-11-9(7)8/h1-2,5H,3-4,6,10H2. The van der Waals surface area contributed by atoms with Gasteiger partial charge in [-0.2, -0.15) is 0 Å². The van der Waals surface area contributed by atoms with Crippen LogP contribution in [-0.2, 0) is 0 Å². The highest BCUT2D eigenvalue weighted by Crippen LogP contribution is 2.00. The van der Waals surface area contributed by atoms with Crippen molar-refractivity contribution >= 4 is 5.57 Å². The molecule has 0 amide bonds. The van der Waals surface area contributed by atoms with Crippen LogP contribution in [0, 0.1) is 0 Å². The number of nitrogens with zero attached hydrogens (tertiary/aromatic N) is 2. The molecular formula is C9H11N3. The van der Waals surface area contributed by atoms with Crippen LogP contribution in [0.5, 0.6) is 0 Å². The summed E-state index contributed by atoms with van der Waals surface area (Å²) in [4.78, 5) is 8.62. The Balaban J connectivity index is 2.58. The number of hydrogen-bond acceptors (Lipinski definition) is 3. The highest BCUT2D eigenvalue weighted by atomic mass is 14.8. The maximum Gasteiger partial charge on any atom is 0.0892 e. The minimum Gasteiger partial charge on any atom is -0.330 e. The van der Waals surface area contributed by atoms with E-state index >= 15 is 0 Å². The summed E-state index contributed by atoms with van der Waals surface area (Å²) in [5.41, 5.74) is 6.75. The first-order chi connectivity index (χ1) is 5.92. The molecule has 1 aromatic heterocycles. The number of hydrogen-bond donors (Lipinski definition) is 1. The van der Waals surface area contributed by atoms with E-state index < -0.39 is 0 Å². The molecule has 2 heterocycles. The van der Waals surface area contributed by atoms with Crippen molar-refractivity contribution in [3.8, 4) is 0 Å². The zero-order valence-corrected chi connectivity index (χ0v) is 6.83. The lowest BCUT2D eigenvalue weighted by Crippen LogP contribution is -2.26. The first kappa shape index (κ1) is 7.43. The van der Waals surface area contributed by atoms with Crippen LogP contribution in [-0.4, -0.2) is 18.1 Å². The summed E-state index contributed by atoms with van der Waals surface area (Å²) >= 11 is 0. The van der Waals surface area contributed by atoms with Crippen LogP contribution in [0.15, 0.2) is 23.3 Å². The van der Waals surface area contributed by atoms with Gasteiger partial charge in [0.1, 0.15) is 0 Å². The third-order valence-corrected chi connectivity index (χ3v) is 2.01. The van der Waals surface area contributed by atoms with E-state index in [0.29, 0.717) is 6.54 Å². The summed E-state index contributed by atoms with van der Waals surface area (Å²) in [5.74, 6) is 0. The molecule has 0 bridgehead atoms. The van der Waals surface area contributed by atoms with E-state index in [0.717, 1.165) is 23.7 Å². The summed E-state index contributed by atoms with van der Waals surface area (Å²) in [6.07, 6.45) is 2.71. The Morgan fingerprint density at radius 3 is 3.25 bits per heavy atom. The number of rotatable bonds is 2. The average Bonchev–Trinajstić information content (AvgIpc) is 2.50. The molecule has 0 saturated carbocycles. The van der Waals surface area contributed by atoms with Gasteiger partial charge in [-0.25, -0.2) is 0 Å². The van der Waals surface area contributed by atoms with Gasteiger partial charge in [0.15, 0.2) is 0 Å². The van der Waals surface area contributed by atoms with Gasteiger partial charge in [0.25, 0.3) is 0 Å². The monoisotopic (exact) mass is 161 g/mol. The number of aromatic nitrogens is 1. The molecule has 0 unspecified atom stereocenters. The van der Waals surface area contributed by atoms with Crippen LogP contribution in [0.2, 0.25) is 0 Å². The van der Waals surface area contributed by atoms with Crippen molar-refractivity contribution < 1.29 is 0 Å². The molecule has 0 spiro atoms. The predicted molar refractivity (Wildman–Crippen MR) is 47.0 cm³/mol. The summed E-state index contributed by atoms with van der Waals surface area (Å²) in [7, 11) is 0. The number of nitrogens with two attached hydrogens (primary N) is 1. The van der Waals surface area contributed by atoms with E-state index in [1.807, 2.05) is 12.1 Å². The van der Waals surface area contributed by atoms with E-state index in [4.69, 9.17) is 5.73 Å². The Hall–Kier alpha value is -1.22. The van der Waals surface area contributed by atoms with Crippen LogP contribution >= 0.6 is 0 Å². The van der Waals surface area contributed by atoms with Gasteiger partial charge in [-0.3, -0.25) is 9.98 Å². The predicted octanol–water partition coefficient (Wildman–Crippen LogP) is -0.786. The Morgan fingerprint density at radius 1 is 1.50 bits per heavy atom. The van der Waals surface area contributed by atoms with Crippen molar-refractivity contribution in [1.29, 1.82) is 0 Å². The van der Waals surface area contributed by atoms with E-state index in [1.165, 1.54) is 5.57 Å². The molecule has 1 aliphatic heterocycles. The third-order valence-electron chi connectivity index (χ3n) is 2.01. The van der Waals surface area contributed by atoms with Gasteiger partial charge in [0.05, 0.1) is 17.3 Å². The highest BCUT2D eigenvalue weighted by Gasteiger charge is 2.04. The summed E-state index contributed by atoms with van der Waals surface area (Å²) in [6.45, 7) is 1.46. The van der Waals surface area contributed by atoms with Crippen molar-refractivity contribution in [3.05, 3.63) is 29.0 Å². The molecule has 2 rings (SSSR count). The molecule has 0 saturated heterocycles. The lowest BCUT2D eigenvalue weighted by molar-refractivity contribution is 0.989. The molecule has 0 atom stereocenters. The lowest BCUT2D eigenvalue weighted by atomic mass is 10.2. The maximum atomic E-state index is 5.48. The molecule has 0 fully saturated rings. The van der Waals surface area contributed by atoms with Gasteiger partial charge in [-0.1, -0.05) is 0 Å². The second-order valence-corrected chi connectivity index (χ2v) is 2.83. The molecule has 3 nitrogen and oxygen atoms in total. The van der Waals surface area contributed by atoms with Gasteiger partial charge in [-0.15, -0.1) is 0 Å². The van der Waals surface area contributed by atoms with Crippen LogP contribution < -0.4 is 16.4 Å². The largest absolute Gasteiger partial charge is 0.330 e. The van der Waals surface area contributed by atoms with Crippen LogP contribution in [0.1, 0.15) is 6.42 Å². The smallest absolute Gasteiger partial charge is 0.0892 e. The van der Waals surface area contributed by atoms with E-state index in [-0.39, 0.29) is 0 Å². The molecule has 0 aromatic carbocycles. The molecule has 0 radical (unpaired) electrons. The van der Waals surface area contributed by atoms with Crippen LogP contribution in [0.3, 0.4) is 0 Å². The van der Waals surface area contributed by atoms with Crippen LogP contribution in [0.4, 0.5) is 0 Å². The lowest BCUT2D eigenvalue weighted by Gasteiger charge is -1.94. The molecule has 12 heavy (non-hydrogen) atoms. The average molecular weight is 161 g/mol. The van der Waals surface area contributed by atoms with Gasteiger partial charge >= 0.3 is 0 Å². The molecule has 2 N–H and O–H groups in total.